The van der Waals surface area contributed by atoms with E-state index in [0.29, 0.717) is 6.04 Å². The fourth-order valence-corrected chi connectivity index (χ4v) is 1.51. The lowest BCUT2D eigenvalue weighted by atomic mass is 10.3. The minimum absolute atomic E-state index is 0.528. The predicted molar refractivity (Wildman–Crippen MR) is 50.2 cm³/mol. The van der Waals surface area contributed by atoms with Crippen molar-refractivity contribution in [2.24, 2.45) is 0 Å². The van der Waals surface area contributed by atoms with Gasteiger partial charge in [-0.15, -0.1) is 11.3 Å². The molecule has 0 fully saturated rings. The largest absolute Gasteiger partial charge is 0.359 e. The second-order valence-corrected chi connectivity index (χ2v) is 3.96. The summed E-state index contributed by atoms with van der Waals surface area (Å²) in [5.74, 6) is 0. The number of nitrogens with one attached hydrogen (secondary N) is 1. The zero-order chi connectivity index (χ0) is 8.27. The molecule has 2 nitrogen and oxygen atoms in total. The van der Waals surface area contributed by atoms with Gasteiger partial charge in [-0.1, -0.05) is 6.92 Å². The number of aryl methyl sites for hydroxylation is 1. The number of anilines is 1. The Balaban J connectivity index is 2.50. The Morgan fingerprint density at radius 3 is 2.91 bits per heavy atom. The van der Waals surface area contributed by atoms with E-state index >= 15 is 0 Å². The molecule has 0 saturated carbocycles. The lowest BCUT2D eigenvalue weighted by Gasteiger charge is -2.08. The van der Waals surface area contributed by atoms with Crippen LogP contribution in [0.1, 0.15) is 25.1 Å². The van der Waals surface area contributed by atoms with Crippen molar-refractivity contribution in [3.63, 3.8) is 0 Å². The Morgan fingerprint density at radius 2 is 2.45 bits per heavy atom. The average Bonchev–Trinajstić information content (AvgIpc) is 2.35. The van der Waals surface area contributed by atoms with Crippen molar-refractivity contribution < 1.29 is 0 Å². The number of thiazole rings is 1. The van der Waals surface area contributed by atoms with Crippen LogP contribution in [0.4, 0.5) is 5.13 Å². The van der Waals surface area contributed by atoms with E-state index in [-0.39, 0.29) is 0 Å². The van der Waals surface area contributed by atoms with Gasteiger partial charge in [-0.3, -0.25) is 0 Å². The van der Waals surface area contributed by atoms with E-state index in [1.54, 1.807) is 11.3 Å². The highest BCUT2D eigenvalue weighted by atomic mass is 32.1. The highest BCUT2D eigenvalue weighted by molar-refractivity contribution is 7.15. The molecule has 0 unspecified atom stereocenters. The molecule has 0 aliphatic rings. The molecule has 1 aromatic heterocycles. The summed E-state index contributed by atoms with van der Waals surface area (Å²) in [5.41, 5.74) is 0. The van der Waals surface area contributed by atoms with E-state index in [2.05, 4.69) is 31.1 Å². The normalized spacial score (nSPS) is 13.0. The second-order valence-electron chi connectivity index (χ2n) is 2.73. The predicted octanol–water partition coefficient (Wildman–Crippen LogP) is 2.66. The van der Waals surface area contributed by atoms with Gasteiger partial charge in [0.2, 0.25) is 0 Å². The van der Waals surface area contributed by atoms with E-state index in [4.69, 9.17) is 0 Å². The minimum Gasteiger partial charge on any atom is -0.359 e. The van der Waals surface area contributed by atoms with Crippen molar-refractivity contribution in [3.8, 4) is 0 Å². The highest BCUT2D eigenvalue weighted by Crippen LogP contribution is 2.17. The molecule has 11 heavy (non-hydrogen) atoms. The third-order valence-corrected chi connectivity index (χ3v) is 2.45. The van der Waals surface area contributed by atoms with Crippen molar-refractivity contribution in [1.29, 1.82) is 0 Å². The second kappa shape index (κ2) is 3.72. The number of hydrogen-bond acceptors (Lipinski definition) is 3. The first-order valence-electron chi connectivity index (χ1n) is 3.91. The Hall–Kier alpha value is -0.570. The van der Waals surface area contributed by atoms with E-state index in [9.17, 15) is 0 Å². The number of nitrogens with zero attached hydrogens (tertiary/aromatic N) is 1. The quantitative estimate of drug-likeness (QED) is 0.754. The number of aromatic nitrogens is 1. The molecule has 1 aromatic rings. The fourth-order valence-electron chi connectivity index (χ4n) is 0.734. The number of hydrogen-bond donors (Lipinski definition) is 1. The van der Waals surface area contributed by atoms with Crippen LogP contribution in [-0.2, 0) is 0 Å². The van der Waals surface area contributed by atoms with E-state index in [0.717, 1.165) is 11.6 Å². The molecule has 1 atom stereocenters. The molecular formula is C8H14N2S. The molecule has 0 aromatic carbocycles. The van der Waals surface area contributed by atoms with Crippen molar-refractivity contribution in [2.45, 2.75) is 33.2 Å². The average molecular weight is 170 g/mol. The summed E-state index contributed by atoms with van der Waals surface area (Å²) in [5, 5.41) is 4.36. The van der Waals surface area contributed by atoms with Crippen molar-refractivity contribution in [1.82, 2.24) is 4.98 Å². The maximum Gasteiger partial charge on any atom is 0.183 e. The van der Waals surface area contributed by atoms with Crippen LogP contribution >= 0.6 is 11.3 Å². The zero-order valence-corrected chi connectivity index (χ0v) is 8.03. The molecule has 0 saturated heterocycles. The summed E-state index contributed by atoms with van der Waals surface area (Å²) in [6.45, 7) is 6.40. The molecule has 62 valence electrons. The fraction of sp³-hybridized carbons (Fsp3) is 0.625. The molecule has 1 heterocycles. The van der Waals surface area contributed by atoms with Crippen LogP contribution in [-0.4, -0.2) is 11.0 Å². The SMILES string of the molecule is CC[C@@H](C)Nc1ncc(C)s1. The summed E-state index contributed by atoms with van der Waals surface area (Å²) in [6.07, 6.45) is 3.04. The molecule has 1 N–H and O–H groups in total. The van der Waals surface area contributed by atoms with E-state index in [1.807, 2.05) is 6.20 Å². The third kappa shape index (κ3) is 2.50. The minimum atomic E-state index is 0.528. The topological polar surface area (TPSA) is 24.9 Å². The summed E-state index contributed by atoms with van der Waals surface area (Å²) < 4.78 is 0. The first kappa shape index (κ1) is 8.53. The maximum absolute atomic E-state index is 4.21. The third-order valence-electron chi connectivity index (χ3n) is 1.60. The Morgan fingerprint density at radius 1 is 1.73 bits per heavy atom. The maximum atomic E-state index is 4.21. The van der Waals surface area contributed by atoms with Gasteiger partial charge in [-0.2, -0.15) is 0 Å². The van der Waals surface area contributed by atoms with Gasteiger partial charge < -0.3 is 5.32 Å². The molecular weight excluding hydrogens is 156 g/mol. The van der Waals surface area contributed by atoms with Gasteiger partial charge in [0.1, 0.15) is 0 Å². The molecule has 0 spiro atoms. The summed E-state index contributed by atoms with van der Waals surface area (Å²) in [4.78, 5) is 5.47. The van der Waals surface area contributed by atoms with Gasteiger partial charge in [-0.25, -0.2) is 4.98 Å². The Bertz CT molecular complexity index is 220. The van der Waals surface area contributed by atoms with E-state index < -0.39 is 0 Å². The van der Waals surface area contributed by atoms with Gasteiger partial charge in [0, 0.05) is 17.1 Å². The molecule has 0 aliphatic heterocycles. The van der Waals surface area contributed by atoms with Crippen LogP contribution in [0.2, 0.25) is 0 Å². The Kier molecular flexibility index (Phi) is 2.88. The number of rotatable bonds is 3. The first-order valence-corrected chi connectivity index (χ1v) is 4.73. The summed E-state index contributed by atoms with van der Waals surface area (Å²) in [7, 11) is 0. The van der Waals surface area contributed by atoms with Gasteiger partial charge in [0.25, 0.3) is 0 Å². The standard InChI is InChI=1S/C8H14N2S/c1-4-6(2)10-8-9-5-7(3)11-8/h5-6H,4H2,1-3H3,(H,9,10)/t6-/m1/s1. The van der Waals surface area contributed by atoms with Gasteiger partial charge >= 0.3 is 0 Å². The molecule has 0 radical (unpaired) electrons. The molecule has 0 aliphatic carbocycles. The van der Waals surface area contributed by atoms with Gasteiger partial charge in [0.15, 0.2) is 5.13 Å². The lowest BCUT2D eigenvalue weighted by molar-refractivity contribution is 0.763. The van der Waals surface area contributed by atoms with Crippen LogP contribution in [0.3, 0.4) is 0 Å². The summed E-state index contributed by atoms with van der Waals surface area (Å²) in [6, 6.07) is 0.528. The van der Waals surface area contributed by atoms with Crippen LogP contribution in [0.5, 0.6) is 0 Å². The summed E-state index contributed by atoms with van der Waals surface area (Å²) >= 11 is 1.71. The molecule has 1 rings (SSSR count). The van der Waals surface area contributed by atoms with Crippen LogP contribution in [0, 0.1) is 6.92 Å². The van der Waals surface area contributed by atoms with Crippen molar-refractivity contribution >= 4 is 16.5 Å². The van der Waals surface area contributed by atoms with Gasteiger partial charge in [-0.05, 0) is 20.3 Å². The Labute approximate surface area is 71.7 Å². The van der Waals surface area contributed by atoms with Crippen LogP contribution in [0.25, 0.3) is 0 Å². The van der Waals surface area contributed by atoms with Crippen molar-refractivity contribution in [3.05, 3.63) is 11.1 Å². The van der Waals surface area contributed by atoms with Crippen molar-refractivity contribution in [2.75, 3.05) is 5.32 Å². The molecule has 0 amide bonds. The highest BCUT2D eigenvalue weighted by Gasteiger charge is 2.00. The van der Waals surface area contributed by atoms with E-state index in [1.165, 1.54) is 4.88 Å². The lowest BCUT2D eigenvalue weighted by Crippen LogP contribution is -2.12. The van der Waals surface area contributed by atoms with Crippen LogP contribution in [0.15, 0.2) is 6.20 Å². The molecule has 3 heteroatoms. The first-order chi connectivity index (χ1) is 5.22. The van der Waals surface area contributed by atoms with Crippen LogP contribution < -0.4 is 5.32 Å². The monoisotopic (exact) mass is 170 g/mol. The smallest absolute Gasteiger partial charge is 0.183 e. The molecule has 0 bridgehead atoms. The zero-order valence-electron chi connectivity index (χ0n) is 7.22. The van der Waals surface area contributed by atoms with Gasteiger partial charge in [0.05, 0.1) is 0 Å².